The molecular weight excluding hydrogens is 1110 g/mol. The van der Waals surface area contributed by atoms with Crippen molar-refractivity contribution in [1.82, 2.24) is 29.4 Å². The zero-order chi connectivity index (χ0) is 67.0. The summed E-state index contributed by atoms with van der Waals surface area (Å²) in [6.45, 7) is 75.4. The molecule has 0 radical (unpaired) electrons. The third-order valence-electron chi connectivity index (χ3n) is 18.4. The number of hydrogen-bond acceptors (Lipinski definition) is 10. The molecule has 10 nitrogen and oxygen atoms in total. The molecule has 4 fully saturated rings. The van der Waals surface area contributed by atoms with Gasteiger partial charge in [-0.15, -0.1) is 0 Å². The van der Waals surface area contributed by atoms with Crippen LogP contribution in [0.5, 0.6) is 23.0 Å². The van der Waals surface area contributed by atoms with E-state index < -0.39 is 0 Å². The first-order valence-electron chi connectivity index (χ1n) is 34.9. The number of hydrogen-bond donors (Lipinski definition) is 0. The molecule has 0 N–H and O–H groups in total. The monoisotopic (exact) mass is 1240 g/mol. The quantitative estimate of drug-likeness (QED) is 0.0901. The van der Waals surface area contributed by atoms with Crippen LogP contribution in [0.3, 0.4) is 0 Å². The Kier molecular flexibility index (Phi) is 27.9. The van der Waals surface area contributed by atoms with Gasteiger partial charge >= 0.3 is 0 Å². The van der Waals surface area contributed by atoms with Crippen LogP contribution in [0.1, 0.15) is 214 Å². The van der Waals surface area contributed by atoms with Gasteiger partial charge in [0.2, 0.25) is 0 Å². The molecule has 1 spiro atoms. The molecule has 4 aromatic carbocycles. The topological polar surface area (TPSA) is 56.4 Å². The van der Waals surface area contributed by atoms with E-state index in [4.69, 9.17) is 18.9 Å². The summed E-state index contributed by atoms with van der Waals surface area (Å²) in [5, 5.41) is 0. The highest BCUT2D eigenvalue weighted by Gasteiger charge is 2.53. The number of ether oxygens (including phenoxy) is 4. The van der Waals surface area contributed by atoms with E-state index in [1.165, 1.54) is 107 Å². The second kappa shape index (κ2) is 32.8. The Balaban J connectivity index is 0.000000220. The van der Waals surface area contributed by atoms with Gasteiger partial charge in [0.05, 0.1) is 19.8 Å². The van der Waals surface area contributed by atoms with Crippen LogP contribution in [0.2, 0.25) is 0 Å². The van der Waals surface area contributed by atoms with Gasteiger partial charge in [0, 0.05) is 120 Å². The molecule has 10 heteroatoms. The first kappa shape index (κ1) is 76.6. The highest BCUT2D eigenvalue weighted by atomic mass is 16.5. The van der Waals surface area contributed by atoms with Crippen molar-refractivity contribution in [2.45, 2.75) is 230 Å². The van der Waals surface area contributed by atoms with E-state index in [-0.39, 0.29) is 21.7 Å². The normalized spacial score (nSPS) is 17.8. The molecule has 4 saturated heterocycles. The van der Waals surface area contributed by atoms with E-state index in [9.17, 15) is 0 Å². The Morgan fingerprint density at radius 3 is 0.978 bits per heavy atom. The lowest BCUT2D eigenvalue weighted by Gasteiger charge is -2.63. The van der Waals surface area contributed by atoms with Crippen LogP contribution in [0.15, 0.2) is 97.1 Å². The predicted octanol–water partition coefficient (Wildman–Crippen LogP) is 17.3. The minimum atomic E-state index is 0.173. The molecule has 0 amide bonds. The average molecular weight is 1240 g/mol. The van der Waals surface area contributed by atoms with Gasteiger partial charge in [0.1, 0.15) is 29.6 Å². The first-order chi connectivity index (χ1) is 41.6. The fourth-order valence-corrected chi connectivity index (χ4v) is 12.0. The van der Waals surface area contributed by atoms with Gasteiger partial charge in [-0.1, -0.05) is 152 Å². The van der Waals surface area contributed by atoms with Crippen molar-refractivity contribution in [1.29, 1.82) is 0 Å². The maximum atomic E-state index is 5.97. The van der Waals surface area contributed by atoms with Crippen molar-refractivity contribution in [3.8, 4) is 23.0 Å². The van der Waals surface area contributed by atoms with Crippen molar-refractivity contribution in [2.24, 2.45) is 10.8 Å². The summed E-state index contributed by atoms with van der Waals surface area (Å²) in [4.78, 5) is 15.4. The Morgan fingerprint density at radius 2 is 0.644 bits per heavy atom. The molecule has 4 heterocycles. The molecule has 0 aromatic heterocycles. The largest absolute Gasteiger partial charge is 0.494 e. The minimum Gasteiger partial charge on any atom is -0.494 e. The van der Waals surface area contributed by atoms with Gasteiger partial charge in [-0.2, -0.15) is 0 Å². The van der Waals surface area contributed by atoms with Gasteiger partial charge in [-0.25, -0.2) is 0 Å². The zero-order valence-electron chi connectivity index (χ0n) is 62.3. The standard InChI is InChI=1S/C21H34N2O.2C21H36N2O.C17H28O/c1-19(2,3)17-7-9-18(10-8-17)24-12-11-22-13-21(14-22)15-23(16-21)20(4,5)6;1-20(2,3)18-8-10-19(11-9-18)24-17-7-12-22-13-15-23(16-14-22)21(4,5)6;1-20(2,3)18-9-7-10-19(17-18)24-16-8-11-22-12-14-23(15-13-22)21(4,5)6;1-16(2,3)12-7-13-18-15-10-8-14(9-11-15)17(4,5)6/h7-10H,11-16H2,1-6H3;8-11H,7,12-17H2,1-6H3;7,9-10,17H,8,11-16H2,1-6H3;8-11H,7,12-13H2,1-6H3. The number of benzene rings is 4. The Morgan fingerprint density at radius 1 is 0.311 bits per heavy atom. The number of likely N-dealkylation sites (tertiary alicyclic amines) is 2. The molecule has 0 saturated carbocycles. The number of rotatable bonds is 18. The van der Waals surface area contributed by atoms with Gasteiger partial charge in [-0.05, 0) is 186 Å². The SMILES string of the molecule is CC(C)(C)CCCOc1ccc(C(C)(C)C)cc1.CC(C)(C)c1ccc(OCCCN2CCN(C(C)(C)C)CC2)cc1.CC(C)(C)c1ccc(OCCN2CC3(C2)CN(C(C)(C)C)C3)cc1.CC(C)(C)c1cccc(OCCCN2CCN(C(C)(C)C)CC2)c1. The van der Waals surface area contributed by atoms with E-state index in [2.05, 4.69) is 293 Å². The van der Waals surface area contributed by atoms with Crippen molar-refractivity contribution in [2.75, 3.05) is 125 Å². The van der Waals surface area contributed by atoms with Gasteiger partial charge in [-0.3, -0.25) is 19.6 Å². The molecule has 4 aromatic rings. The predicted molar refractivity (Wildman–Crippen MR) is 386 cm³/mol. The second-order valence-electron chi connectivity index (χ2n) is 35.1. The molecule has 8 rings (SSSR count). The first-order valence-corrected chi connectivity index (χ1v) is 34.9. The molecule has 508 valence electrons. The van der Waals surface area contributed by atoms with Crippen LogP contribution in [0.4, 0.5) is 0 Å². The molecule has 4 aliphatic heterocycles. The van der Waals surface area contributed by atoms with E-state index in [0.29, 0.717) is 27.4 Å². The lowest BCUT2D eigenvalue weighted by atomic mass is 9.71. The summed E-state index contributed by atoms with van der Waals surface area (Å²) >= 11 is 0. The summed E-state index contributed by atoms with van der Waals surface area (Å²) in [5.74, 6) is 3.96. The highest BCUT2D eigenvalue weighted by molar-refractivity contribution is 5.34. The van der Waals surface area contributed by atoms with Crippen LogP contribution in [-0.2, 0) is 21.7 Å². The maximum absolute atomic E-state index is 5.97. The smallest absolute Gasteiger partial charge is 0.119 e. The summed E-state index contributed by atoms with van der Waals surface area (Å²) in [5.41, 5.74) is 8.09. The molecule has 0 aliphatic carbocycles. The average Bonchev–Trinajstić information content (AvgIpc) is 0.741. The zero-order valence-corrected chi connectivity index (χ0v) is 62.3. The Bertz CT molecular complexity index is 2640. The third kappa shape index (κ3) is 27.1. The number of nitrogens with zero attached hydrogens (tertiary/aromatic N) is 6. The molecule has 0 bridgehead atoms. The fraction of sp³-hybridized carbons (Fsp3) is 0.700. The van der Waals surface area contributed by atoms with E-state index in [0.717, 1.165) is 88.3 Å². The van der Waals surface area contributed by atoms with E-state index in [1.54, 1.807) is 0 Å². The highest BCUT2D eigenvalue weighted by Crippen LogP contribution is 2.42. The lowest BCUT2D eigenvalue weighted by Crippen LogP contribution is -2.74. The maximum Gasteiger partial charge on any atom is 0.119 e. The van der Waals surface area contributed by atoms with Crippen LogP contribution < -0.4 is 18.9 Å². The van der Waals surface area contributed by atoms with E-state index >= 15 is 0 Å². The summed E-state index contributed by atoms with van der Waals surface area (Å²) < 4.78 is 23.6. The fourth-order valence-electron chi connectivity index (χ4n) is 12.0. The lowest BCUT2D eigenvalue weighted by molar-refractivity contribution is -0.145. The van der Waals surface area contributed by atoms with Crippen LogP contribution >= 0.6 is 0 Å². The van der Waals surface area contributed by atoms with Crippen LogP contribution in [0, 0.1) is 10.8 Å². The Labute approximate surface area is 553 Å². The van der Waals surface area contributed by atoms with Gasteiger partial charge in [0.25, 0.3) is 0 Å². The Hall–Kier alpha value is -4.16. The summed E-state index contributed by atoms with van der Waals surface area (Å²) in [6, 6.07) is 34.2. The van der Waals surface area contributed by atoms with Crippen molar-refractivity contribution in [3.05, 3.63) is 119 Å². The molecule has 4 aliphatic rings. The molecule has 0 unspecified atom stereocenters. The summed E-state index contributed by atoms with van der Waals surface area (Å²) in [7, 11) is 0. The van der Waals surface area contributed by atoms with E-state index in [1.807, 2.05) is 0 Å². The molecule has 90 heavy (non-hydrogen) atoms. The van der Waals surface area contributed by atoms with Crippen LogP contribution in [0.25, 0.3) is 0 Å². The summed E-state index contributed by atoms with van der Waals surface area (Å²) in [6.07, 6.45) is 4.50. The second-order valence-corrected chi connectivity index (χ2v) is 35.1. The van der Waals surface area contributed by atoms with Crippen molar-refractivity contribution in [3.63, 3.8) is 0 Å². The van der Waals surface area contributed by atoms with Gasteiger partial charge in [0.15, 0.2) is 0 Å². The number of piperazine rings is 2. The van der Waals surface area contributed by atoms with Crippen LogP contribution in [-0.4, -0.2) is 171 Å². The third-order valence-corrected chi connectivity index (χ3v) is 18.4. The molecule has 0 atom stereocenters. The van der Waals surface area contributed by atoms with Crippen molar-refractivity contribution >= 4 is 0 Å². The van der Waals surface area contributed by atoms with Gasteiger partial charge < -0.3 is 28.7 Å². The minimum absolute atomic E-state index is 0.173. The molecular formula is C80H134N6O4. The van der Waals surface area contributed by atoms with Crippen molar-refractivity contribution < 1.29 is 18.9 Å².